The molecule has 1 aliphatic carbocycles. The van der Waals surface area contributed by atoms with Gasteiger partial charge in [0.05, 0.1) is 11.4 Å². The quantitative estimate of drug-likeness (QED) is 0.573. The fraction of sp³-hybridized carbons (Fsp3) is 0.625. The van der Waals surface area contributed by atoms with E-state index >= 15 is 0 Å². The smallest absolute Gasteiger partial charge is 0.0576 e. The maximum absolute atomic E-state index is 6.11. The number of benzene rings is 1. The van der Waals surface area contributed by atoms with Crippen LogP contribution in [0.2, 0.25) is 0 Å². The molecule has 0 atom stereocenters. The van der Waals surface area contributed by atoms with E-state index in [1.54, 1.807) is 0 Å². The monoisotopic (exact) mass is 372 g/mol. The van der Waals surface area contributed by atoms with E-state index in [-0.39, 0.29) is 0 Å². The van der Waals surface area contributed by atoms with Crippen LogP contribution in [0.25, 0.3) is 0 Å². The van der Waals surface area contributed by atoms with E-state index in [1.807, 2.05) is 6.07 Å². The van der Waals surface area contributed by atoms with Gasteiger partial charge in [0, 0.05) is 9.61 Å². The molecule has 1 saturated carbocycles. The van der Waals surface area contributed by atoms with Crippen molar-refractivity contribution in [3.63, 3.8) is 0 Å². The van der Waals surface area contributed by atoms with Crippen LogP contribution in [0.1, 0.15) is 47.0 Å². The minimum absolute atomic E-state index is 0.400. The lowest BCUT2D eigenvalue weighted by Gasteiger charge is -2.45. The molecule has 0 saturated heterocycles. The van der Waals surface area contributed by atoms with Crippen molar-refractivity contribution in [2.75, 3.05) is 11.1 Å². The van der Waals surface area contributed by atoms with Gasteiger partial charge in [0.2, 0.25) is 0 Å². The Kier molecular flexibility index (Phi) is 4.05. The lowest BCUT2D eigenvalue weighted by atomic mass is 9.63. The highest BCUT2D eigenvalue weighted by atomic mass is 127. The molecule has 1 fully saturated rings. The third kappa shape index (κ3) is 4.01. The maximum Gasteiger partial charge on any atom is 0.0576 e. The predicted molar refractivity (Wildman–Crippen MR) is 92.4 cm³/mol. The average molecular weight is 372 g/mol. The Labute approximate surface area is 130 Å². The molecule has 0 spiro atoms. The Morgan fingerprint density at radius 1 is 1.16 bits per heavy atom. The third-order valence-corrected chi connectivity index (χ3v) is 4.60. The Morgan fingerprint density at radius 2 is 1.74 bits per heavy atom. The maximum atomic E-state index is 6.11. The lowest BCUT2D eigenvalue weighted by molar-refractivity contribution is 0.105. The van der Waals surface area contributed by atoms with Gasteiger partial charge in [0.25, 0.3) is 0 Å². The summed E-state index contributed by atoms with van der Waals surface area (Å²) >= 11 is 2.30. The van der Waals surface area contributed by atoms with Crippen molar-refractivity contribution in [3.05, 3.63) is 21.8 Å². The topological polar surface area (TPSA) is 38.0 Å². The number of hydrogen-bond acceptors (Lipinski definition) is 2. The zero-order valence-electron chi connectivity index (χ0n) is 12.4. The van der Waals surface area contributed by atoms with Gasteiger partial charge < -0.3 is 11.1 Å². The molecule has 0 aliphatic heterocycles. The molecule has 0 amide bonds. The van der Waals surface area contributed by atoms with Gasteiger partial charge in [-0.15, -0.1) is 0 Å². The average Bonchev–Trinajstić information content (AvgIpc) is 2.17. The molecule has 0 unspecified atom stereocenters. The highest BCUT2D eigenvalue weighted by molar-refractivity contribution is 14.1. The molecule has 0 heterocycles. The highest BCUT2D eigenvalue weighted by Crippen LogP contribution is 2.46. The van der Waals surface area contributed by atoms with Crippen molar-refractivity contribution in [1.82, 2.24) is 0 Å². The molecular formula is C16H25IN2. The number of halogens is 1. The molecule has 106 valence electrons. The van der Waals surface area contributed by atoms with E-state index in [1.165, 1.54) is 22.8 Å². The summed E-state index contributed by atoms with van der Waals surface area (Å²) in [6, 6.07) is 6.76. The second kappa shape index (κ2) is 5.15. The summed E-state index contributed by atoms with van der Waals surface area (Å²) in [5.74, 6) is 0. The van der Waals surface area contributed by atoms with E-state index in [0.717, 1.165) is 11.4 Å². The molecule has 1 aliphatic rings. The van der Waals surface area contributed by atoms with Crippen LogP contribution >= 0.6 is 22.6 Å². The van der Waals surface area contributed by atoms with Crippen molar-refractivity contribution in [2.24, 2.45) is 10.8 Å². The first-order valence-corrected chi connectivity index (χ1v) is 8.06. The standard InChI is InChI=1S/C16H25IN2/c1-15(2)8-12(9-16(3,4)10-15)19-14-6-5-11(17)7-13(14)18/h5-7,12,19H,8-10,18H2,1-4H3. The van der Waals surface area contributed by atoms with Crippen LogP contribution in [-0.4, -0.2) is 6.04 Å². The Hall–Kier alpha value is -0.450. The molecule has 2 nitrogen and oxygen atoms in total. The van der Waals surface area contributed by atoms with E-state index in [4.69, 9.17) is 5.73 Å². The van der Waals surface area contributed by atoms with E-state index < -0.39 is 0 Å². The third-order valence-electron chi connectivity index (χ3n) is 3.93. The van der Waals surface area contributed by atoms with Crippen molar-refractivity contribution in [2.45, 2.75) is 53.0 Å². The molecule has 0 aromatic heterocycles. The summed E-state index contributed by atoms with van der Waals surface area (Å²) in [5, 5.41) is 3.66. The van der Waals surface area contributed by atoms with Gasteiger partial charge in [-0.3, -0.25) is 0 Å². The van der Waals surface area contributed by atoms with E-state index in [0.29, 0.717) is 16.9 Å². The molecule has 1 aromatic carbocycles. The molecular weight excluding hydrogens is 347 g/mol. The Morgan fingerprint density at radius 3 is 2.26 bits per heavy atom. The van der Waals surface area contributed by atoms with Gasteiger partial charge in [-0.1, -0.05) is 27.7 Å². The second-order valence-corrected chi connectivity index (χ2v) is 8.73. The second-order valence-electron chi connectivity index (χ2n) is 7.49. The number of nitrogen functional groups attached to an aromatic ring is 1. The SMILES string of the molecule is CC1(C)CC(Nc2ccc(I)cc2N)CC(C)(C)C1. The van der Waals surface area contributed by atoms with Gasteiger partial charge in [-0.05, 0) is 70.9 Å². The summed E-state index contributed by atoms with van der Waals surface area (Å²) in [6.45, 7) is 9.50. The van der Waals surface area contributed by atoms with Crippen molar-refractivity contribution >= 4 is 34.0 Å². The van der Waals surface area contributed by atoms with Crippen molar-refractivity contribution in [1.29, 1.82) is 0 Å². The first kappa shape index (κ1) is 14.9. The minimum atomic E-state index is 0.400. The van der Waals surface area contributed by atoms with Gasteiger partial charge in [0.15, 0.2) is 0 Å². The zero-order chi connectivity index (χ0) is 14.3. The predicted octanol–water partition coefficient (Wildman–Crippen LogP) is 4.89. The summed E-state index contributed by atoms with van der Waals surface area (Å²) < 4.78 is 1.19. The Bertz CT molecular complexity index is 450. The number of rotatable bonds is 2. The number of hydrogen-bond donors (Lipinski definition) is 2. The van der Waals surface area contributed by atoms with Gasteiger partial charge in [-0.25, -0.2) is 0 Å². The molecule has 0 bridgehead atoms. The van der Waals surface area contributed by atoms with Gasteiger partial charge >= 0.3 is 0 Å². The normalized spacial score (nSPS) is 22.2. The summed E-state index contributed by atoms with van der Waals surface area (Å²) in [6.07, 6.45) is 3.71. The molecule has 0 radical (unpaired) electrons. The molecule has 1 aromatic rings. The van der Waals surface area contributed by atoms with Crippen LogP contribution in [0.3, 0.4) is 0 Å². The fourth-order valence-corrected chi connectivity index (χ4v) is 4.35. The van der Waals surface area contributed by atoms with E-state index in [9.17, 15) is 0 Å². The summed E-state index contributed by atoms with van der Waals surface area (Å²) in [4.78, 5) is 0. The molecule has 3 N–H and O–H groups in total. The summed E-state index contributed by atoms with van der Waals surface area (Å²) in [5.41, 5.74) is 8.84. The number of nitrogens with one attached hydrogen (secondary N) is 1. The number of anilines is 2. The van der Waals surface area contributed by atoms with Crippen LogP contribution < -0.4 is 11.1 Å². The Balaban J connectivity index is 2.14. The first-order chi connectivity index (χ1) is 8.67. The van der Waals surface area contributed by atoms with Gasteiger partial charge in [0.1, 0.15) is 0 Å². The van der Waals surface area contributed by atoms with Crippen LogP contribution in [0.5, 0.6) is 0 Å². The van der Waals surface area contributed by atoms with Crippen molar-refractivity contribution < 1.29 is 0 Å². The summed E-state index contributed by atoms with van der Waals surface area (Å²) in [7, 11) is 0. The van der Waals surface area contributed by atoms with Crippen molar-refractivity contribution in [3.8, 4) is 0 Å². The lowest BCUT2D eigenvalue weighted by Crippen LogP contribution is -2.40. The van der Waals surface area contributed by atoms with E-state index in [2.05, 4.69) is 67.7 Å². The highest BCUT2D eigenvalue weighted by Gasteiger charge is 2.38. The number of nitrogens with two attached hydrogens (primary N) is 1. The van der Waals surface area contributed by atoms with Crippen LogP contribution in [0, 0.1) is 14.4 Å². The largest absolute Gasteiger partial charge is 0.397 e. The van der Waals surface area contributed by atoms with Crippen LogP contribution in [0.15, 0.2) is 18.2 Å². The fourth-order valence-electron chi connectivity index (χ4n) is 3.83. The van der Waals surface area contributed by atoms with Crippen LogP contribution in [0.4, 0.5) is 11.4 Å². The van der Waals surface area contributed by atoms with Crippen LogP contribution in [-0.2, 0) is 0 Å². The van der Waals surface area contributed by atoms with Gasteiger partial charge in [-0.2, -0.15) is 0 Å². The molecule has 2 rings (SSSR count). The minimum Gasteiger partial charge on any atom is -0.397 e. The molecule has 19 heavy (non-hydrogen) atoms. The zero-order valence-corrected chi connectivity index (χ0v) is 14.5. The molecule has 3 heteroatoms. The first-order valence-electron chi connectivity index (χ1n) is 6.99.